The first kappa shape index (κ1) is 11.6. The number of furan rings is 1. The van der Waals surface area contributed by atoms with Gasteiger partial charge >= 0.3 is 0 Å². The van der Waals surface area contributed by atoms with E-state index in [1.54, 1.807) is 6.08 Å². The van der Waals surface area contributed by atoms with Crippen LogP contribution in [0, 0.1) is 6.92 Å². The fourth-order valence-electron chi connectivity index (χ4n) is 1.11. The standard InChI is InChI=1S/C12H17NO2/c1-9-5-6-10(15-9)7-8-11(14)13-12(2,3)4/h5-8H,1-4H3,(H,13,14). The molecule has 1 heterocycles. The monoisotopic (exact) mass is 207 g/mol. The van der Waals surface area contributed by atoms with Crippen LogP contribution in [0.4, 0.5) is 0 Å². The van der Waals surface area contributed by atoms with Crippen LogP contribution in [0.5, 0.6) is 0 Å². The van der Waals surface area contributed by atoms with Gasteiger partial charge in [0, 0.05) is 11.6 Å². The smallest absolute Gasteiger partial charge is 0.244 e. The summed E-state index contributed by atoms with van der Waals surface area (Å²) in [5, 5.41) is 2.83. The predicted octanol–water partition coefficient (Wildman–Crippen LogP) is 2.52. The Morgan fingerprint density at radius 2 is 2.07 bits per heavy atom. The fourth-order valence-corrected chi connectivity index (χ4v) is 1.11. The topological polar surface area (TPSA) is 42.2 Å². The van der Waals surface area contributed by atoms with Crippen molar-refractivity contribution < 1.29 is 9.21 Å². The van der Waals surface area contributed by atoms with Gasteiger partial charge < -0.3 is 9.73 Å². The summed E-state index contributed by atoms with van der Waals surface area (Å²) in [7, 11) is 0. The maximum absolute atomic E-state index is 11.4. The van der Waals surface area contributed by atoms with Crippen LogP contribution in [0.25, 0.3) is 6.08 Å². The molecule has 0 radical (unpaired) electrons. The van der Waals surface area contributed by atoms with E-state index in [-0.39, 0.29) is 11.4 Å². The molecule has 0 saturated heterocycles. The molecule has 0 aliphatic carbocycles. The van der Waals surface area contributed by atoms with Gasteiger partial charge in [-0.25, -0.2) is 0 Å². The van der Waals surface area contributed by atoms with Gasteiger partial charge in [-0.3, -0.25) is 4.79 Å². The lowest BCUT2D eigenvalue weighted by molar-refractivity contribution is -0.117. The van der Waals surface area contributed by atoms with Crippen molar-refractivity contribution in [1.82, 2.24) is 5.32 Å². The van der Waals surface area contributed by atoms with Crippen LogP contribution in [-0.2, 0) is 4.79 Å². The highest BCUT2D eigenvalue weighted by molar-refractivity contribution is 5.91. The summed E-state index contributed by atoms with van der Waals surface area (Å²) in [6, 6.07) is 3.69. The predicted molar refractivity (Wildman–Crippen MR) is 60.4 cm³/mol. The average molecular weight is 207 g/mol. The molecule has 0 aliphatic heterocycles. The van der Waals surface area contributed by atoms with Crippen LogP contribution in [0.2, 0.25) is 0 Å². The molecule has 1 amide bonds. The van der Waals surface area contributed by atoms with Gasteiger partial charge in [-0.15, -0.1) is 0 Å². The SMILES string of the molecule is Cc1ccc(C=CC(=O)NC(C)(C)C)o1. The van der Waals surface area contributed by atoms with Gasteiger partial charge in [0.25, 0.3) is 0 Å². The Balaban J connectivity index is 2.55. The minimum Gasteiger partial charge on any atom is -0.462 e. The third kappa shape index (κ3) is 4.49. The van der Waals surface area contributed by atoms with Crippen molar-refractivity contribution in [3.8, 4) is 0 Å². The summed E-state index contributed by atoms with van der Waals surface area (Å²) >= 11 is 0. The third-order valence-corrected chi connectivity index (χ3v) is 1.66. The first-order valence-corrected chi connectivity index (χ1v) is 4.93. The fraction of sp³-hybridized carbons (Fsp3) is 0.417. The largest absolute Gasteiger partial charge is 0.462 e. The summed E-state index contributed by atoms with van der Waals surface area (Å²) in [6.45, 7) is 7.69. The number of nitrogens with one attached hydrogen (secondary N) is 1. The lowest BCUT2D eigenvalue weighted by Crippen LogP contribution is -2.39. The molecule has 0 atom stereocenters. The molecule has 0 unspecified atom stereocenters. The van der Waals surface area contributed by atoms with Gasteiger partial charge in [0.2, 0.25) is 5.91 Å². The molecular weight excluding hydrogens is 190 g/mol. The third-order valence-electron chi connectivity index (χ3n) is 1.66. The van der Waals surface area contributed by atoms with Crippen LogP contribution in [0.15, 0.2) is 22.6 Å². The van der Waals surface area contributed by atoms with Gasteiger partial charge in [0.05, 0.1) is 0 Å². The zero-order chi connectivity index (χ0) is 11.5. The number of aryl methyl sites for hydroxylation is 1. The van der Waals surface area contributed by atoms with Crippen LogP contribution in [-0.4, -0.2) is 11.4 Å². The summed E-state index contributed by atoms with van der Waals surface area (Å²) in [6.07, 6.45) is 3.14. The summed E-state index contributed by atoms with van der Waals surface area (Å²) in [5.74, 6) is 1.42. The van der Waals surface area contributed by atoms with E-state index in [1.165, 1.54) is 6.08 Å². The maximum atomic E-state index is 11.4. The summed E-state index contributed by atoms with van der Waals surface area (Å²) < 4.78 is 5.30. The number of hydrogen-bond donors (Lipinski definition) is 1. The van der Waals surface area contributed by atoms with E-state index in [0.717, 1.165) is 5.76 Å². The Labute approximate surface area is 90.2 Å². The van der Waals surface area contributed by atoms with Gasteiger partial charge in [-0.2, -0.15) is 0 Å². The van der Waals surface area contributed by atoms with Gasteiger partial charge in [0.1, 0.15) is 11.5 Å². The lowest BCUT2D eigenvalue weighted by Gasteiger charge is -2.18. The number of amides is 1. The molecule has 1 rings (SSSR count). The Hall–Kier alpha value is -1.51. The normalized spacial score (nSPS) is 12.0. The van der Waals surface area contributed by atoms with E-state index >= 15 is 0 Å². The van der Waals surface area contributed by atoms with Gasteiger partial charge in [0.15, 0.2) is 0 Å². The molecule has 0 saturated carbocycles. The Bertz CT molecular complexity index is 369. The molecule has 1 aromatic heterocycles. The number of rotatable bonds is 2. The van der Waals surface area contributed by atoms with Crippen LogP contribution < -0.4 is 5.32 Å². The van der Waals surface area contributed by atoms with Crippen molar-refractivity contribution in [3.05, 3.63) is 29.7 Å². The zero-order valence-corrected chi connectivity index (χ0v) is 9.63. The second-order valence-corrected chi connectivity index (χ2v) is 4.52. The molecule has 82 valence electrons. The summed E-state index contributed by atoms with van der Waals surface area (Å²) in [5.41, 5.74) is -0.208. The second kappa shape index (κ2) is 4.34. The molecule has 0 spiro atoms. The number of hydrogen-bond acceptors (Lipinski definition) is 2. The van der Waals surface area contributed by atoms with Crippen molar-refractivity contribution in [2.24, 2.45) is 0 Å². The van der Waals surface area contributed by atoms with E-state index in [9.17, 15) is 4.79 Å². The first-order valence-electron chi connectivity index (χ1n) is 4.93. The van der Waals surface area contributed by atoms with Crippen molar-refractivity contribution in [3.63, 3.8) is 0 Å². The van der Waals surface area contributed by atoms with Gasteiger partial charge in [-0.05, 0) is 45.9 Å². The van der Waals surface area contributed by atoms with Crippen molar-refractivity contribution in [2.75, 3.05) is 0 Å². The molecule has 0 aromatic carbocycles. The quantitative estimate of drug-likeness (QED) is 0.757. The highest BCUT2D eigenvalue weighted by Gasteiger charge is 2.11. The van der Waals surface area contributed by atoms with Crippen molar-refractivity contribution in [2.45, 2.75) is 33.2 Å². The summed E-state index contributed by atoms with van der Waals surface area (Å²) in [4.78, 5) is 11.4. The van der Waals surface area contributed by atoms with Crippen LogP contribution in [0.3, 0.4) is 0 Å². The average Bonchev–Trinajstić information content (AvgIpc) is 2.45. The highest BCUT2D eigenvalue weighted by atomic mass is 16.3. The molecule has 3 heteroatoms. The molecule has 0 fully saturated rings. The zero-order valence-electron chi connectivity index (χ0n) is 9.63. The minimum absolute atomic E-state index is 0.114. The van der Waals surface area contributed by atoms with Crippen molar-refractivity contribution in [1.29, 1.82) is 0 Å². The molecule has 0 bridgehead atoms. The minimum atomic E-state index is -0.208. The van der Waals surface area contributed by atoms with E-state index in [2.05, 4.69) is 5.32 Å². The number of carbonyl (C=O) groups excluding carboxylic acids is 1. The van der Waals surface area contributed by atoms with Crippen molar-refractivity contribution >= 4 is 12.0 Å². The molecule has 3 nitrogen and oxygen atoms in total. The number of carbonyl (C=O) groups is 1. The molecule has 0 aliphatic rings. The van der Waals surface area contributed by atoms with E-state index in [0.29, 0.717) is 5.76 Å². The Morgan fingerprint density at radius 3 is 2.53 bits per heavy atom. The Kier molecular flexibility index (Phi) is 3.35. The van der Waals surface area contributed by atoms with Gasteiger partial charge in [-0.1, -0.05) is 0 Å². The van der Waals surface area contributed by atoms with Crippen LogP contribution >= 0.6 is 0 Å². The van der Waals surface area contributed by atoms with E-state index < -0.39 is 0 Å². The highest BCUT2D eigenvalue weighted by Crippen LogP contribution is 2.08. The van der Waals surface area contributed by atoms with E-state index in [1.807, 2.05) is 39.8 Å². The van der Waals surface area contributed by atoms with E-state index in [4.69, 9.17) is 4.42 Å². The first-order chi connectivity index (χ1) is 6.87. The second-order valence-electron chi connectivity index (χ2n) is 4.52. The lowest BCUT2D eigenvalue weighted by atomic mass is 10.1. The molecule has 15 heavy (non-hydrogen) atoms. The molecule has 1 aromatic rings. The molecule has 1 N–H and O–H groups in total. The van der Waals surface area contributed by atoms with Crippen LogP contribution in [0.1, 0.15) is 32.3 Å². The molecular formula is C12H17NO2. The maximum Gasteiger partial charge on any atom is 0.244 e. The Morgan fingerprint density at radius 1 is 1.40 bits per heavy atom.